The van der Waals surface area contributed by atoms with Crippen LogP contribution in [0.15, 0.2) is 32.5 Å². The summed E-state index contributed by atoms with van der Waals surface area (Å²) in [6.45, 7) is 1.17. The molecule has 0 atom stereocenters. The lowest BCUT2D eigenvalue weighted by Crippen LogP contribution is -2.25. The second kappa shape index (κ2) is 6.18. The molecule has 1 saturated carbocycles. The molecule has 2 aromatic rings. The Kier molecular flexibility index (Phi) is 4.46. The van der Waals surface area contributed by atoms with Crippen molar-refractivity contribution in [2.75, 3.05) is 7.05 Å². The van der Waals surface area contributed by atoms with E-state index >= 15 is 0 Å². The van der Waals surface area contributed by atoms with E-state index < -0.39 is 10.0 Å². The van der Waals surface area contributed by atoms with Gasteiger partial charge in [0.2, 0.25) is 0 Å². The van der Waals surface area contributed by atoms with E-state index in [9.17, 15) is 8.42 Å². The Hall–Kier alpha value is -0.730. The first-order valence-electron chi connectivity index (χ1n) is 6.84. The summed E-state index contributed by atoms with van der Waals surface area (Å²) >= 11 is 2.88. The second-order valence-electron chi connectivity index (χ2n) is 5.32. The van der Waals surface area contributed by atoms with Crippen LogP contribution in [0.2, 0.25) is 0 Å². The summed E-state index contributed by atoms with van der Waals surface area (Å²) in [5, 5.41) is 9.27. The van der Waals surface area contributed by atoms with Crippen LogP contribution < -0.4 is 5.32 Å². The van der Waals surface area contributed by atoms with E-state index in [2.05, 4.69) is 5.32 Å². The fourth-order valence-corrected chi connectivity index (χ4v) is 5.25. The lowest BCUT2D eigenvalue weighted by Gasteiger charge is -2.15. The lowest BCUT2D eigenvalue weighted by atomic mass is 10.3. The van der Waals surface area contributed by atoms with Gasteiger partial charge in [0.25, 0.3) is 10.0 Å². The molecule has 0 saturated heterocycles. The normalized spacial score (nSPS) is 15.7. The topological polar surface area (TPSA) is 49.4 Å². The zero-order valence-electron chi connectivity index (χ0n) is 11.8. The van der Waals surface area contributed by atoms with Crippen LogP contribution in [0.4, 0.5) is 0 Å². The molecule has 4 nitrogen and oxygen atoms in total. The number of thiophene rings is 2. The second-order valence-corrected chi connectivity index (χ2v) is 9.28. The van der Waals surface area contributed by atoms with Crippen molar-refractivity contribution in [3.8, 4) is 0 Å². The summed E-state index contributed by atoms with van der Waals surface area (Å²) in [6, 6.07) is 4.38. The highest BCUT2D eigenvalue weighted by atomic mass is 32.2. The lowest BCUT2D eigenvalue weighted by molar-refractivity contribution is 0.469. The minimum atomic E-state index is -3.39. The van der Waals surface area contributed by atoms with Crippen molar-refractivity contribution < 1.29 is 8.42 Å². The SMILES string of the molecule is CN(Cc1ccsc1)S(=O)(=O)c1cc(CNC2CC2)cs1. The quantitative estimate of drug-likeness (QED) is 0.842. The molecule has 3 rings (SSSR count). The van der Waals surface area contributed by atoms with Crippen molar-refractivity contribution >= 4 is 32.7 Å². The Balaban J connectivity index is 1.68. The summed E-state index contributed by atoms with van der Waals surface area (Å²) < 4.78 is 26.9. The van der Waals surface area contributed by atoms with E-state index in [-0.39, 0.29) is 0 Å². The summed E-state index contributed by atoms with van der Waals surface area (Å²) in [7, 11) is -1.75. The van der Waals surface area contributed by atoms with Crippen LogP contribution in [0.1, 0.15) is 24.0 Å². The van der Waals surface area contributed by atoms with Gasteiger partial charge in [-0.15, -0.1) is 11.3 Å². The van der Waals surface area contributed by atoms with Crippen molar-refractivity contribution in [3.05, 3.63) is 39.4 Å². The van der Waals surface area contributed by atoms with E-state index in [1.807, 2.05) is 22.2 Å². The molecule has 1 aliphatic carbocycles. The Labute approximate surface area is 133 Å². The van der Waals surface area contributed by atoms with E-state index in [0.29, 0.717) is 16.8 Å². The molecule has 0 radical (unpaired) electrons. The Morgan fingerprint density at radius 1 is 1.33 bits per heavy atom. The molecule has 1 N–H and O–H groups in total. The van der Waals surface area contributed by atoms with Gasteiger partial charge in [0.05, 0.1) is 0 Å². The molecule has 21 heavy (non-hydrogen) atoms. The first-order chi connectivity index (χ1) is 10.1. The summed E-state index contributed by atoms with van der Waals surface area (Å²) in [5.41, 5.74) is 2.08. The highest BCUT2D eigenvalue weighted by molar-refractivity contribution is 7.91. The highest BCUT2D eigenvalue weighted by Gasteiger charge is 2.24. The van der Waals surface area contributed by atoms with Gasteiger partial charge in [-0.25, -0.2) is 8.42 Å². The molecule has 0 spiro atoms. The molecule has 1 fully saturated rings. The maximum atomic E-state index is 12.5. The van der Waals surface area contributed by atoms with Crippen LogP contribution in [0, 0.1) is 0 Å². The number of rotatable bonds is 7. The number of nitrogens with zero attached hydrogens (tertiary/aromatic N) is 1. The molecular weight excluding hydrogens is 324 g/mol. The van der Waals surface area contributed by atoms with Gasteiger partial charge in [-0.2, -0.15) is 15.6 Å². The third-order valence-electron chi connectivity index (χ3n) is 3.45. The van der Waals surface area contributed by atoms with Crippen LogP contribution in [-0.2, 0) is 23.1 Å². The van der Waals surface area contributed by atoms with Crippen LogP contribution >= 0.6 is 22.7 Å². The van der Waals surface area contributed by atoms with Gasteiger partial charge in [-0.1, -0.05) is 0 Å². The minimum Gasteiger partial charge on any atom is -0.310 e. The molecule has 0 unspecified atom stereocenters. The fraction of sp³-hybridized carbons (Fsp3) is 0.429. The number of hydrogen-bond acceptors (Lipinski definition) is 5. The van der Waals surface area contributed by atoms with E-state index in [1.54, 1.807) is 24.5 Å². The molecule has 0 bridgehead atoms. The Morgan fingerprint density at radius 2 is 2.14 bits per heavy atom. The molecular formula is C14H18N2O2S3. The van der Waals surface area contributed by atoms with Gasteiger partial charge in [0.1, 0.15) is 4.21 Å². The van der Waals surface area contributed by atoms with Crippen molar-refractivity contribution in [1.82, 2.24) is 9.62 Å². The van der Waals surface area contributed by atoms with Crippen LogP contribution in [0.3, 0.4) is 0 Å². The van der Waals surface area contributed by atoms with Crippen molar-refractivity contribution in [1.29, 1.82) is 0 Å². The smallest absolute Gasteiger partial charge is 0.252 e. The molecule has 0 aliphatic heterocycles. The zero-order chi connectivity index (χ0) is 14.9. The Bertz CT molecular complexity index is 688. The minimum absolute atomic E-state index is 0.416. The van der Waals surface area contributed by atoms with Gasteiger partial charge in [-0.3, -0.25) is 0 Å². The summed E-state index contributed by atoms with van der Waals surface area (Å²) in [6.07, 6.45) is 2.47. The molecule has 1 aliphatic rings. The maximum absolute atomic E-state index is 12.5. The monoisotopic (exact) mass is 342 g/mol. The van der Waals surface area contributed by atoms with Crippen molar-refractivity contribution in [2.45, 2.75) is 36.2 Å². The molecule has 0 aromatic carbocycles. The number of hydrogen-bond donors (Lipinski definition) is 1. The Morgan fingerprint density at radius 3 is 2.81 bits per heavy atom. The highest BCUT2D eigenvalue weighted by Crippen LogP contribution is 2.26. The first-order valence-corrected chi connectivity index (χ1v) is 10.1. The maximum Gasteiger partial charge on any atom is 0.252 e. The first kappa shape index (κ1) is 15.2. The fourth-order valence-electron chi connectivity index (χ4n) is 2.01. The molecule has 2 aromatic heterocycles. The van der Waals surface area contributed by atoms with Crippen molar-refractivity contribution in [3.63, 3.8) is 0 Å². The third-order valence-corrected chi connectivity index (χ3v) is 7.45. The van der Waals surface area contributed by atoms with Crippen LogP contribution in [0.5, 0.6) is 0 Å². The van der Waals surface area contributed by atoms with E-state index in [4.69, 9.17) is 0 Å². The largest absolute Gasteiger partial charge is 0.310 e. The van der Waals surface area contributed by atoms with Gasteiger partial charge >= 0.3 is 0 Å². The van der Waals surface area contributed by atoms with E-state index in [0.717, 1.165) is 17.7 Å². The standard InChI is InChI=1S/C14H18N2O2S3/c1-16(8-11-4-5-19-9-11)21(17,18)14-6-12(10-20-14)7-15-13-2-3-13/h4-6,9-10,13,15H,2-3,7-8H2,1H3. The summed E-state index contributed by atoms with van der Waals surface area (Å²) in [4.78, 5) is 0. The number of nitrogens with one attached hydrogen (secondary N) is 1. The van der Waals surface area contributed by atoms with Gasteiger partial charge in [0, 0.05) is 26.2 Å². The van der Waals surface area contributed by atoms with Crippen LogP contribution in [0.25, 0.3) is 0 Å². The summed E-state index contributed by atoms with van der Waals surface area (Å²) in [5.74, 6) is 0. The van der Waals surface area contributed by atoms with E-state index in [1.165, 1.54) is 28.5 Å². The van der Waals surface area contributed by atoms with Gasteiger partial charge in [0.15, 0.2) is 0 Å². The van der Waals surface area contributed by atoms with Crippen molar-refractivity contribution in [2.24, 2.45) is 0 Å². The zero-order valence-corrected chi connectivity index (χ0v) is 14.2. The third kappa shape index (κ3) is 3.73. The number of sulfonamides is 1. The van der Waals surface area contributed by atoms with Gasteiger partial charge < -0.3 is 5.32 Å². The molecule has 7 heteroatoms. The van der Waals surface area contributed by atoms with Crippen LogP contribution in [-0.4, -0.2) is 25.8 Å². The average Bonchev–Trinajstić information content (AvgIpc) is 2.93. The predicted molar refractivity (Wildman–Crippen MR) is 87.2 cm³/mol. The molecule has 0 amide bonds. The van der Waals surface area contributed by atoms with Gasteiger partial charge in [-0.05, 0) is 52.2 Å². The predicted octanol–water partition coefficient (Wildman–Crippen LogP) is 2.88. The molecule has 2 heterocycles. The molecule has 114 valence electrons. The average molecular weight is 343 g/mol.